The van der Waals surface area contributed by atoms with E-state index >= 15 is 0 Å². The Morgan fingerprint density at radius 1 is 0.667 bits per heavy atom. The Bertz CT molecular complexity index is 934. The Balaban J connectivity index is 1.55. The van der Waals surface area contributed by atoms with E-state index in [2.05, 4.69) is 48.6 Å². The van der Waals surface area contributed by atoms with E-state index in [0.29, 0.717) is 35.5 Å². The van der Waals surface area contributed by atoms with Gasteiger partial charge in [0, 0.05) is 36.1 Å². The topological polar surface area (TPSA) is 50.5 Å². The molecule has 132 valence electrons. The summed E-state index contributed by atoms with van der Waals surface area (Å²) in [7, 11) is 0. The quantitative estimate of drug-likeness (QED) is 0.757. The highest BCUT2D eigenvalue weighted by atomic mass is 15.3. The summed E-state index contributed by atoms with van der Waals surface area (Å²) in [6.07, 6.45) is 14.6. The Morgan fingerprint density at radius 2 is 1.19 bits per heavy atom. The van der Waals surface area contributed by atoms with Crippen LogP contribution in [0.4, 0.5) is 0 Å². The summed E-state index contributed by atoms with van der Waals surface area (Å²) in [6, 6.07) is 12.5. The first kappa shape index (κ1) is 14.4. The van der Waals surface area contributed by atoms with Gasteiger partial charge >= 0.3 is 0 Å². The molecule has 0 N–H and O–H groups in total. The van der Waals surface area contributed by atoms with Gasteiger partial charge in [-0.05, 0) is 42.5 Å². The van der Waals surface area contributed by atoms with E-state index in [1.165, 1.54) is 6.42 Å². The summed E-state index contributed by atoms with van der Waals surface area (Å²) in [6.45, 7) is 0. The summed E-state index contributed by atoms with van der Waals surface area (Å²) in [5.74, 6) is 2.77. The normalized spacial score (nSPS) is 47.0. The highest BCUT2D eigenvalue weighted by molar-refractivity contribution is 5.44. The predicted octanol–water partition coefficient (Wildman–Crippen LogP) is 4.29. The highest BCUT2D eigenvalue weighted by Gasteiger charge is 2.76. The molecule has 4 bridgehead atoms. The van der Waals surface area contributed by atoms with Crippen LogP contribution in [0.25, 0.3) is 0 Å². The maximum atomic E-state index is 5.13. The molecule has 8 atom stereocenters. The zero-order chi connectivity index (χ0) is 17.6. The van der Waals surface area contributed by atoms with Crippen molar-refractivity contribution in [3.63, 3.8) is 0 Å². The zero-order valence-electron chi connectivity index (χ0n) is 14.9. The van der Waals surface area contributed by atoms with Crippen molar-refractivity contribution in [1.82, 2.24) is 9.97 Å². The van der Waals surface area contributed by atoms with Crippen molar-refractivity contribution in [1.29, 1.82) is 0 Å². The number of hydrogen-bond donors (Lipinski definition) is 0. The van der Waals surface area contributed by atoms with Gasteiger partial charge in [-0.1, -0.05) is 36.4 Å². The fourth-order valence-electron chi connectivity index (χ4n) is 7.06. The highest BCUT2D eigenvalue weighted by Crippen LogP contribution is 2.75. The summed E-state index contributed by atoms with van der Waals surface area (Å²) in [5.41, 5.74) is 1.56. The van der Waals surface area contributed by atoms with Crippen molar-refractivity contribution >= 4 is 0 Å². The third kappa shape index (κ3) is 1.43. The number of fused-ring (bicyclic) bond motifs is 2. The maximum Gasteiger partial charge on any atom is 0.134 e. The summed E-state index contributed by atoms with van der Waals surface area (Å²) >= 11 is 0. The molecule has 27 heavy (non-hydrogen) atoms. The van der Waals surface area contributed by atoms with E-state index in [0.717, 1.165) is 11.4 Å². The molecular formula is C23H20N4. The number of aromatic nitrogens is 2. The standard InChI is InChI=1S/C23H20N4/c1-3-11-24-18(5-1)22-16-9-10-17(16)23(27-26-22,19-6-2-4-12-25-19)21-15-8-7-14(13-15)20(21)22/h1-12,14-17,20-21H,13H2/t14-,15+,16-,17+,20+,21-,22+,23-. The molecule has 2 aromatic heterocycles. The average molecular weight is 352 g/mol. The van der Waals surface area contributed by atoms with Crippen LogP contribution in [0.5, 0.6) is 0 Å². The molecule has 0 amide bonds. The first-order valence-electron chi connectivity index (χ1n) is 9.99. The predicted molar refractivity (Wildman–Crippen MR) is 101 cm³/mol. The fraction of sp³-hybridized carbons (Fsp3) is 0.391. The number of hydrogen-bond acceptors (Lipinski definition) is 4. The lowest BCUT2D eigenvalue weighted by atomic mass is 9.43. The lowest BCUT2D eigenvalue weighted by Gasteiger charge is -2.65. The van der Waals surface area contributed by atoms with E-state index in [1.807, 2.05) is 24.5 Å². The van der Waals surface area contributed by atoms with Gasteiger partial charge in [0.05, 0.1) is 11.4 Å². The van der Waals surface area contributed by atoms with Crippen LogP contribution in [0.3, 0.4) is 0 Å². The molecule has 0 radical (unpaired) electrons. The molecule has 2 saturated carbocycles. The van der Waals surface area contributed by atoms with Crippen LogP contribution in [-0.4, -0.2) is 9.97 Å². The van der Waals surface area contributed by atoms with Crippen LogP contribution in [0.15, 0.2) is 83.3 Å². The SMILES string of the molecule is C1=C[C@H]2C[C@@H]1[C@H]1[C@@H]2[C@@]2(c3ccccn3)N=N[C@]1(c1ccccn1)[C@@H]1C=C[C@@H]12. The van der Waals surface area contributed by atoms with E-state index < -0.39 is 0 Å². The lowest BCUT2D eigenvalue weighted by Crippen LogP contribution is -2.67. The van der Waals surface area contributed by atoms with Gasteiger partial charge in [-0.2, -0.15) is 10.2 Å². The first-order chi connectivity index (χ1) is 13.4. The van der Waals surface area contributed by atoms with E-state index in [1.54, 1.807) is 0 Å². The van der Waals surface area contributed by atoms with Gasteiger partial charge in [-0.15, -0.1) is 0 Å². The number of rotatable bonds is 2. The minimum atomic E-state index is -0.313. The van der Waals surface area contributed by atoms with Crippen LogP contribution < -0.4 is 0 Å². The van der Waals surface area contributed by atoms with E-state index in [-0.39, 0.29) is 11.1 Å². The van der Waals surface area contributed by atoms with E-state index in [9.17, 15) is 0 Å². The molecule has 2 aromatic rings. The molecule has 0 aromatic carbocycles. The zero-order valence-corrected chi connectivity index (χ0v) is 14.9. The second kappa shape index (κ2) is 4.61. The fourth-order valence-corrected chi connectivity index (χ4v) is 7.06. The van der Waals surface area contributed by atoms with Gasteiger partial charge in [0.1, 0.15) is 11.1 Å². The van der Waals surface area contributed by atoms with Gasteiger partial charge in [0.25, 0.3) is 0 Å². The van der Waals surface area contributed by atoms with Gasteiger partial charge < -0.3 is 0 Å². The number of azo groups is 1. The molecule has 6 aliphatic rings. The first-order valence-corrected chi connectivity index (χ1v) is 9.99. The van der Waals surface area contributed by atoms with Crippen molar-refractivity contribution in [2.45, 2.75) is 17.5 Å². The molecule has 4 nitrogen and oxygen atoms in total. The maximum absolute atomic E-state index is 5.13. The third-order valence-corrected chi connectivity index (χ3v) is 7.94. The molecular weight excluding hydrogens is 332 g/mol. The molecule has 8 rings (SSSR count). The van der Waals surface area contributed by atoms with Crippen molar-refractivity contribution < 1.29 is 0 Å². The lowest BCUT2D eigenvalue weighted by molar-refractivity contribution is -0.0886. The van der Waals surface area contributed by atoms with Crippen molar-refractivity contribution in [3.8, 4) is 0 Å². The third-order valence-electron chi connectivity index (χ3n) is 7.94. The smallest absolute Gasteiger partial charge is 0.134 e. The number of allylic oxidation sites excluding steroid dienone is 2. The molecule has 0 unspecified atom stereocenters. The van der Waals surface area contributed by atoms with Crippen molar-refractivity contribution in [2.24, 2.45) is 45.7 Å². The summed E-state index contributed by atoms with van der Waals surface area (Å²) in [5, 5.41) is 10.3. The van der Waals surface area contributed by atoms with E-state index in [4.69, 9.17) is 20.2 Å². The second-order valence-corrected chi connectivity index (χ2v) is 8.72. The number of pyridine rings is 2. The van der Waals surface area contributed by atoms with Gasteiger partial charge in [-0.25, -0.2) is 0 Å². The van der Waals surface area contributed by atoms with Crippen LogP contribution in [0, 0.1) is 35.5 Å². The molecule has 2 fully saturated rings. The van der Waals surface area contributed by atoms with Gasteiger partial charge in [0.2, 0.25) is 0 Å². The number of nitrogens with zero attached hydrogens (tertiary/aromatic N) is 4. The second-order valence-electron chi connectivity index (χ2n) is 8.72. The monoisotopic (exact) mass is 352 g/mol. The molecule has 0 saturated heterocycles. The summed E-state index contributed by atoms with van der Waals surface area (Å²) < 4.78 is 0. The Hall–Kier alpha value is -2.62. The van der Waals surface area contributed by atoms with Crippen LogP contribution in [0.1, 0.15) is 17.8 Å². The Labute approximate surface area is 158 Å². The van der Waals surface area contributed by atoms with Gasteiger partial charge in [-0.3, -0.25) is 9.97 Å². The van der Waals surface area contributed by atoms with Crippen LogP contribution >= 0.6 is 0 Å². The van der Waals surface area contributed by atoms with Crippen LogP contribution in [-0.2, 0) is 11.1 Å². The van der Waals surface area contributed by atoms with Crippen molar-refractivity contribution in [3.05, 3.63) is 84.5 Å². The Kier molecular flexibility index (Phi) is 2.47. The average Bonchev–Trinajstić information content (AvgIpc) is 3.33. The Morgan fingerprint density at radius 3 is 1.59 bits per heavy atom. The molecule has 0 spiro atoms. The summed E-state index contributed by atoms with van der Waals surface area (Å²) in [4.78, 5) is 9.60. The van der Waals surface area contributed by atoms with Gasteiger partial charge in [0.15, 0.2) is 0 Å². The molecule has 4 aliphatic carbocycles. The minimum absolute atomic E-state index is 0.313. The molecule has 4 heteroatoms. The molecule has 2 aliphatic heterocycles. The van der Waals surface area contributed by atoms with Crippen LogP contribution in [0.2, 0.25) is 0 Å². The molecule has 4 heterocycles. The van der Waals surface area contributed by atoms with Crippen molar-refractivity contribution in [2.75, 3.05) is 0 Å². The largest absolute Gasteiger partial charge is 0.259 e. The minimum Gasteiger partial charge on any atom is -0.259 e.